The van der Waals surface area contributed by atoms with Crippen LogP contribution in [-0.2, 0) is 4.74 Å². The number of thiophene rings is 1. The zero-order valence-corrected chi connectivity index (χ0v) is 12.6. The van der Waals surface area contributed by atoms with Gasteiger partial charge in [0.05, 0.1) is 17.0 Å². The molecular weight excluding hydrogens is 284 g/mol. The Labute approximate surface area is 127 Å². The number of rotatable bonds is 5. The molecule has 0 N–H and O–H groups in total. The van der Waals surface area contributed by atoms with E-state index in [-0.39, 0.29) is 5.97 Å². The molecule has 0 spiro atoms. The van der Waals surface area contributed by atoms with Crippen LogP contribution in [0.5, 0.6) is 0 Å². The molecule has 4 nitrogen and oxygen atoms in total. The maximum absolute atomic E-state index is 12.4. The van der Waals surface area contributed by atoms with E-state index in [1.54, 1.807) is 15.9 Å². The highest BCUT2D eigenvalue weighted by atomic mass is 32.1. The molecule has 0 radical (unpaired) electrons. The number of hydrogen-bond acceptors (Lipinski definition) is 4. The summed E-state index contributed by atoms with van der Waals surface area (Å²) < 4.78 is 7.11. The molecule has 0 saturated heterocycles. The van der Waals surface area contributed by atoms with Gasteiger partial charge in [0, 0.05) is 6.20 Å². The lowest BCUT2D eigenvalue weighted by molar-refractivity contribution is 0.0503. The third kappa shape index (κ3) is 2.69. The summed E-state index contributed by atoms with van der Waals surface area (Å²) in [4.78, 5) is 13.4. The number of hydrogen-bond donors (Lipinski definition) is 0. The van der Waals surface area contributed by atoms with Gasteiger partial charge in [-0.1, -0.05) is 25.5 Å². The Bertz CT molecular complexity index is 747. The lowest BCUT2D eigenvalue weighted by Gasteiger charge is -2.04. The van der Waals surface area contributed by atoms with Gasteiger partial charge in [-0.2, -0.15) is 5.10 Å². The largest absolute Gasteiger partial charge is 0.462 e. The van der Waals surface area contributed by atoms with Crippen LogP contribution in [0.2, 0.25) is 0 Å². The summed E-state index contributed by atoms with van der Waals surface area (Å²) in [7, 11) is 0. The first-order valence-corrected chi connectivity index (χ1v) is 7.87. The Balaban J connectivity index is 2.06. The number of pyridine rings is 1. The molecule has 0 fully saturated rings. The maximum atomic E-state index is 12.4. The summed E-state index contributed by atoms with van der Waals surface area (Å²) in [5, 5.41) is 6.51. The Kier molecular flexibility index (Phi) is 4.01. The molecule has 0 atom stereocenters. The molecule has 21 heavy (non-hydrogen) atoms. The molecule has 3 aromatic heterocycles. The third-order valence-corrected chi connectivity index (χ3v) is 4.11. The molecule has 0 aliphatic carbocycles. The molecule has 3 heterocycles. The van der Waals surface area contributed by atoms with E-state index in [2.05, 4.69) is 12.0 Å². The average molecular weight is 300 g/mol. The van der Waals surface area contributed by atoms with Crippen LogP contribution in [-0.4, -0.2) is 22.2 Å². The van der Waals surface area contributed by atoms with E-state index >= 15 is 0 Å². The predicted octanol–water partition coefficient (Wildman–Crippen LogP) is 4.02. The van der Waals surface area contributed by atoms with Crippen LogP contribution >= 0.6 is 11.3 Å². The first kappa shape index (κ1) is 13.8. The van der Waals surface area contributed by atoms with Gasteiger partial charge in [0.15, 0.2) is 0 Å². The van der Waals surface area contributed by atoms with Crippen LogP contribution in [0.3, 0.4) is 0 Å². The minimum Gasteiger partial charge on any atom is -0.462 e. The number of carbonyl (C=O) groups excluding carboxylic acids is 1. The van der Waals surface area contributed by atoms with Crippen LogP contribution in [0.15, 0.2) is 41.9 Å². The molecule has 0 bridgehead atoms. The van der Waals surface area contributed by atoms with Gasteiger partial charge < -0.3 is 4.74 Å². The fourth-order valence-electron chi connectivity index (χ4n) is 2.17. The number of ether oxygens (including phenoxy) is 1. The first-order valence-electron chi connectivity index (χ1n) is 6.99. The standard InChI is InChI=1S/C16H16N2O2S/c1-2-3-10-20-16(19)14-12-7-4-5-9-18(12)17-15(14)13-8-6-11-21-13/h4-9,11H,2-3,10H2,1H3. The van der Waals surface area contributed by atoms with Gasteiger partial charge in [0.1, 0.15) is 11.3 Å². The smallest absolute Gasteiger partial charge is 0.342 e. The number of carbonyl (C=O) groups is 1. The highest BCUT2D eigenvalue weighted by Gasteiger charge is 2.22. The number of esters is 1. The summed E-state index contributed by atoms with van der Waals surface area (Å²) in [6.45, 7) is 2.52. The van der Waals surface area contributed by atoms with Crippen molar-refractivity contribution in [3.63, 3.8) is 0 Å². The molecular formula is C16H16N2O2S. The van der Waals surface area contributed by atoms with Gasteiger partial charge in [-0.3, -0.25) is 0 Å². The van der Waals surface area contributed by atoms with Crippen molar-refractivity contribution in [3.05, 3.63) is 47.5 Å². The fraction of sp³-hybridized carbons (Fsp3) is 0.250. The van der Waals surface area contributed by atoms with Crippen molar-refractivity contribution < 1.29 is 9.53 Å². The molecule has 3 aromatic rings. The van der Waals surface area contributed by atoms with Crippen molar-refractivity contribution in [2.75, 3.05) is 6.61 Å². The second kappa shape index (κ2) is 6.10. The topological polar surface area (TPSA) is 43.6 Å². The summed E-state index contributed by atoms with van der Waals surface area (Å²) in [6.07, 6.45) is 3.72. The number of unbranched alkanes of at least 4 members (excludes halogenated alkanes) is 1. The van der Waals surface area contributed by atoms with Crippen molar-refractivity contribution in [2.24, 2.45) is 0 Å². The summed E-state index contributed by atoms with van der Waals surface area (Å²) in [6, 6.07) is 9.61. The Morgan fingerprint density at radius 1 is 1.33 bits per heavy atom. The lowest BCUT2D eigenvalue weighted by Crippen LogP contribution is -2.07. The normalized spacial score (nSPS) is 10.9. The first-order chi connectivity index (χ1) is 10.3. The van der Waals surface area contributed by atoms with Gasteiger partial charge in [0.25, 0.3) is 0 Å². The Morgan fingerprint density at radius 3 is 3.00 bits per heavy atom. The van der Waals surface area contributed by atoms with Crippen LogP contribution < -0.4 is 0 Å². The van der Waals surface area contributed by atoms with Gasteiger partial charge in [-0.15, -0.1) is 11.3 Å². The van der Waals surface area contributed by atoms with Gasteiger partial charge in [-0.25, -0.2) is 9.31 Å². The molecule has 3 rings (SSSR count). The Hall–Kier alpha value is -2.14. The number of fused-ring (bicyclic) bond motifs is 1. The van der Waals surface area contributed by atoms with E-state index in [0.717, 1.165) is 23.2 Å². The minimum absolute atomic E-state index is 0.298. The summed E-state index contributed by atoms with van der Waals surface area (Å²) in [5.74, 6) is -0.298. The minimum atomic E-state index is -0.298. The average Bonchev–Trinajstić information content (AvgIpc) is 3.14. The van der Waals surface area contributed by atoms with Gasteiger partial charge in [-0.05, 0) is 30.0 Å². The van der Waals surface area contributed by atoms with E-state index in [0.29, 0.717) is 17.9 Å². The van der Waals surface area contributed by atoms with E-state index in [4.69, 9.17) is 4.74 Å². The monoisotopic (exact) mass is 300 g/mol. The molecule has 0 saturated carbocycles. The van der Waals surface area contributed by atoms with Crippen LogP contribution in [0.1, 0.15) is 30.1 Å². The fourth-order valence-corrected chi connectivity index (χ4v) is 2.88. The van der Waals surface area contributed by atoms with Crippen LogP contribution in [0.25, 0.3) is 16.1 Å². The second-order valence-electron chi connectivity index (χ2n) is 4.72. The van der Waals surface area contributed by atoms with Crippen molar-refractivity contribution in [1.29, 1.82) is 0 Å². The highest BCUT2D eigenvalue weighted by molar-refractivity contribution is 7.13. The molecule has 108 valence electrons. The van der Waals surface area contributed by atoms with Gasteiger partial charge in [0.2, 0.25) is 0 Å². The lowest BCUT2D eigenvalue weighted by atomic mass is 10.1. The van der Waals surface area contributed by atoms with Crippen molar-refractivity contribution in [1.82, 2.24) is 9.61 Å². The van der Waals surface area contributed by atoms with E-state index in [1.165, 1.54) is 0 Å². The number of aromatic nitrogens is 2. The number of nitrogens with zero attached hydrogens (tertiary/aromatic N) is 2. The summed E-state index contributed by atoms with van der Waals surface area (Å²) in [5.41, 5.74) is 2.02. The zero-order chi connectivity index (χ0) is 14.7. The zero-order valence-electron chi connectivity index (χ0n) is 11.8. The van der Waals surface area contributed by atoms with Crippen molar-refractivity contribution in [3.8, 4) is 10.6 Å². The highest BCUT2D eigenvalue weighted by Crippen LogP contribution is 2.30. The molecule has 0 aromatic carbocycles. The van der Waals surface area contributed by atoms with Crippen LogP contribution in [0, 0.1) is 0 Å². The second-order valence-corrected chi connectivity index (χ2v) is 5.67. The van der Waals surface area contributed by atoms with Crippen LogP contribution in [0.4, 0.5) is 0 Å². The Morgan fingerprint density at radius 2 is 2.24 bits per heavy atom. The summed E-state index contributed by atoms with van der Waals surface area (Å²) >= 11 is 1.57. The predicted molar refractivity (Wildman–Crippen MR) is 83.7 cm³/mol. The maximum Gasteiger partial charge on any atom is 0.342 e. The van der Waals surface area contributed by atoms with E-state index < -0.39 is 0 Å². The molecule has 0 aliphatic rings. The molecule has 0 aliphatic heterocycles. The SMILES string of the molecule is CCCCOC(=O)c1c(-c2cccs2)nn2ccccc12. The van der Waals surface area contributed by atoms with E-state index in [9.17, 15) is 4.79 Å². The van der Waals surface area contributed by atoms with E-state index in [1.807, 2.05) is 41.9 Å². The van der Waals surface area contributed by atoms with Gasteiger partial charge >= 0.3 is 5.97 Å². The molecule has 0 amide bonds. The van der Waals surface area contributed by atoms with Crippen molar-refractivity contribution >= 4 is 22.8 Å². The third-order valence-electron chi connectivity index (χ3n) is 3.23. The molecule has 5 heteroatoms. The van der Waals surface area contributed by atoms with Crippen molar-refractivity contribution in [2.45, 2.75) is 19.8 Å². The molecule has 0 unspecified atom stereocenters. The quantitative estimate of drug-likeness (QED) is 0.528.